The lowest BCUT2D eigenvalue weighted by atomic mass is 10.1. The number of nitrogens with one attached hydrogen (secondary N) is 2. The van der Waals surface area contributed by atoms with Crippen LogP contribution in [0.3, 0.4) is 0 Å². The Bertz CT molecular complexity index is 608. The molecule has 0 radical (unpaired) electrons. The molecule has 0 amide bonds. The zero-order valence-electron chi connectivity index (χ0n) is 13.3. The molecule has 23 heavy (non-hydrogen) atoms. The van der Waals surface area contributed by atoms with Crippen LogP contribution >= 0.6 is 0 Å². The van der Waals surface area contributed by atoms with E-state index in [1.807, 2.05) is 6.07 Å². The third-order valence-corrected chi connectivity index (χ3v) is 4.59. The molecule has 4 rings (SSSR count). The van der Waals surface area contributed by atoms with E-state index in [1.165, 1.54) is 11.4 Å². The molecule has 1 saturated heterocycles. The fraction of sp³-hybridized carbons (Fsp3) is 0.562. The summed E-state index contributed by atoms with van der Waals surface area (Å²) in [6.45, 7) is 6.08. The van der Waals surface area contributed by atoms with Crippen LogP contribution in [0.2, 0.25) is 0 Å². The van der Waals surface area contributed by atoms with Gasteiger partial charge in [-0.1, -0.05) is 0 Å². The van der Waals surface area contributed by atoms with Gasteiger partial charge in [-0.15, -0.1) is 0 Å². The molecule has 1 fully saturated rings. The van der Waals surface area contributed by atoms with E-state index in [0.29, 0.717) is 6.04 Å². The molecule has 2 aromatic heterocycles. The van der Waals surface area contributed by atoms with Crippen molar-refractivity contribution < 1.29 is 0 Å². The highest BCUT2D eigenvalue weighted by Crippen LogP contribution is 2.17. The first-order valence-electron chi connectivity index (χ1n) is 8.39. The minimum Gasteiger partial charge on any atom is -0.351 e. The number of likely N-dealkylation sites (tertiary alicyclic amines) is 1. The number of nitrogens with zero attached hydrogens (tertiary/aromatic N) is 5. The van der Waals surface area contributed by atoms with Gasteiger partial charge in [0.25, 0.3) is 0 Å². The Morgan fingerprint density at radius 2 is 2.00 bits per heavy atom. The van der Waals surface area contributed by atoms with Crippen molar-refractivity contribution in [3.05, 3.63) is 35.9 Å². The van der Waals surface area contributed by atoms with Gasteiger partial charge >= 0.3 is 0 Å². The van der Waals surface area contributed by atoms with Crippen LogP contribution in [0.15, 0.2) is 24.5 Å². The van der Waals surface area contributed by atoms with Gasteiger partial charge in [-0.05, 0) is 25.0 Å². The smallest absolute Gasteiger partial charge is 0.222 e. The average molecular weight is 313 g/mol. The first-order chi connectivity index (χ1) is 11.4. The monoisotopic (exact) mass is 313 g/mol. The lowest BCUT2D eigenvalue weighted by Gasteiger charge is -2.31. The second-order valence-corrected chi connectivity index (χ2v) is 6.29. The Hall–Kier alpha value is -1.99. The van der Waals surface area contributed by atoms with E-state index in [9.17, 15) is 0 Å². The number of anilines is 1. The van der Waals surface area contributed by atoms with Crippen LogP contribution in [-0.2, 0) is 19.6 Å². The van der Waals surface area contributed by atoms with Crippen LogP contribution in [-0.4, -0.2) is 50.3 Å². The van der Waals surface area contributed by atoms with Crippen molar-refractivity contribution >= 4 is 5.95 Å². The van der Waals surface area contributed by atoms with Crippen molar-refractivity contribution in [1.82, 2.24) is 30.0 Å². The highest BCUT2D eigenvalue weighted by Gasteiger charge is 2.21. The minimum atomic E-state index is 0.466. The van der Waals surface area contributed by atoms with E-state index in [0.717, 1.165) is 58.1 Å². The maximum Gasteiger partial charge on any atom is 0.222 e. The van der Waals surface area contributed by atoms with Gasteiger partial charge in [-0.25, -0.2) is 9.97 Å². The molecule has 2 N–H and O–H groups in total. The highest BCUT2D eigenvalue weighted by molar-refractivity contribution is 5.24. The van der Waals surface area contributed by atoms with Gasteiger partial charge in [0.15, 0.2) is 0 Å². The third kappa shape index (κ3) is 3.51. The van der Waals surface area contributed by atoms with Crippen LogP contribution < -0.4 is 10.6 Å². The van der Waals surface area contributed by atoms with Crippen LogP contribution in [0.25, 0.3) is 0 Å². The topological polar surface area (TPSA) is 70.9 Å². The van der Waals surface area contributed by atoms with E-state index in [2.05, 4.69) is 36.2 Å². The Kier molecular flexibility index (Phi) is 4.21. The molecule has 0 aliphatic carbocycles. The van der Waals surface area contributed by atoms with Crippen LogP contribution in [0.4, 0.5) is 5.95 Å². The predicted octanol–water partition coefficient (Wildman–Crippen LogP) is 0.853. The van der Waals surface area contributed by atoms with E-state index in [1.54, 1.807) is 12.4 Å². The highest BCUT2D eigenvalue weighted by atomic mass is 15.3. The lowest BCUT2D eigenvalue weighted by Crippen LogP contribution is -2.39. The SMILES string of the molecule is c1cnc(NC2CCN(Cc3cc4n(n3)CCNC4)CC2)nc1. The van der Waals surface area contributed by atoms with E-state index in [4.69, 9.17) is 5.10 Å². The van der Waals surface area contributed by atoms with Crippen molar-refractivity contribution in [2.75, 3.05) is 25.0 Å². The van der Waals surface area contributed by atoms with E-state index >= 15 is 0 Å². The number of hydrogen-bond acceptors (Lipinski definition) is 6. The molecular formula is C16H23N7. The molecule has 2 aliphatic heterocycles. The van der Waals surface area contributed by atoms with Gasteiger partial charge in [0.2, 0.25) is 5.95 Å². The molecule has 0 saturated carbocycles. The van der Waals surface area contributed by atoms with Crippen molar-refractivity contribution in [3.8, 4) is 0 Å². The van der Waals surface area contributed by atoms with Crippen molar-refractivity contribution in [2.24, 2.45) is 0 Å². The fourth-order valence-corrected chi connectivity index (χ4v) is 3.35. The van der Waals surface area contributed by atoms with Gasteiger partial charge in [0.05, 0.1) is 17.9 Å². The second-order valence-electron chi connectivity index (χ2n) is 6.29. The first kappa shape index (κ1) is 14.6. The quantitative estimate of drug-likeness (QED) is 0.872. The molecular weight excluding hydrogens is 290 g/mol. The number of aromatic nitrogens is 4. The zero-order valence-corrected chi connectivity index (χ0v) is 13.3. The Balaban J connectivity index is 1.29. The van der Waals surface area contributed by atoms with Crippen molar-refractivity contribution in [3.63, 3.8) is 0 Å². The van der Waals surface area contributed by atoms with Crippen LogP contribution in [0.1, 0.15) is 24.2 Å². The molecule has 7 nitrogen and oxygen atoms in total. The van der Waals surface area contributed by atoms with Gasteiger partial charge in [0.1, 0.15) is 0 Å². The molecule has 2 aliphatic rings. The largest absolute Gasteiger partial charge is 0.351 e. The molecule has 0 unspecified atom stereocenters. The molecule has 2 aromatic rings. The lowest BCUT2D eigenvalue weighted by molar-refractivity contribution is 0.208. The summed E-state index contributed by atoms with van der Waals surface area (Å²) in [7, 11) is 0. The maximum absolute atomic E-state index is 4.73. The summed E-state index contributed by atoms with van der Waals surface area (Å²) in [6.07, 6.45) is 5.79. The molecule has 0 atom stereocenters. The second kappa shape index (κ2) is 6.64. The molecule has 122 valence electrons. The Morgan fingerprint density at radius 3 is 2.78 bits per heavy atom. The zero-order chi connectivity index (χ0) is 15.5. The summed E-state index contributed by atoms with van der Waals surface area (Å²) in [5.41, 5.74) is 2.51. The summed E-state index contributed by atoms with van der Waals surface area (Å²) < 4.78 is 2.15. The minimum absolute atomic E-state index is 0.466. The maximum atomic E-state index is 4.73. The number of rotatable bonds is 4. The van der Waals surface area contributed by atoms with Crippen LogP contribution in [0, 0.1) is 0 Å². The van der Waals surface area contributed by atoms with E-state index < -0.39 is 0 Å². The normalized spacial score (nSPS) is 19.5. The molecule has 4 heterocycles. The van der Waals surface area contributed by atoms with Crippen LogP contribution in [0.5, 0.6) is 0 Å². The standard InChI is InChI=1S/C16H23N7/c1-4-18-16(19-5-1)20-13-2-7-22(8-3-13)12-14-10-15-11-17-6-9-23(15)21-14/h1,4-5,10,13,17H,2-3,6-9,11-12H2,(H,18,19,20). The van der Waals surface area contributed by atoms with Gasteiger partial charge < -0.3 is 10.6 Å². The first-order valence-corrected chi connectivity index (χ1v) is 8.39. The van der Waals surface area contributed by atoms with Gasteiger partial charge in [-0.2, -0.15) is 5.10 Å². The predicted molar refractivity (Wildman–Crippen MR) is 87.9 cm³/mol. The molecule has 0 aromatic carbocycles. The summed E-state index contributed by atoms with van der Waals surface area (Å²) in [4.78, 5) is 11.0. The van der Waals surface area contributed by atoms with Gasteiger partial charge in [0, 0.05) is 51.2 Å². The average Bonchev–Trinajstić information content (AvgIpc) is 3.00. The Morgan fingerprint density at radius 1 is 1.17 bits per heavy atom. The summed E-state index contributed by atoms with van der Waals surface area (Å²) >= 11 is 0. The number of hydrogen-bond donors (Lipinski definition) is 2. The number of piperidine rings is 1. The summed E-state index contributed by atoms with van der Waals surface area (Å²) in [5.74, 6) is 0.736. The van der Waals surface area contributed by atoms with E-state index in [-0.39, 0.29) is 0 Å². The Labute approximate surface area is 136 Å². The number of fused-ring (bicyclic) bond motifs is 1. The summed E-state index contributed by atoms with van der Waals surface area (Å²) in [6, 6.07) is 4.55. The van der Waals surface area contributed by atoms with Crippen molar-refractivity contribution in [1.29, 1.82) is 0 Å². The third-order valence-electron chi connectivity index (χ3n) is 4.59. The summed E-state index contributed by atoms with van der Waals surface area (Å²) in [5, 5.41) is 11.6. The molecule has 7 heteroatoms. The van der Waals surface area contributed by atoms with Gasteiger partial charge in [-0.3, -0.25) is 9.58 Å². The molecule has 0 bridgehead atoms. The van der Waals surface area contributed by atoms with Crippen molar-refractivity contribution in [2.45, 2.75) is 38.5 Å². The fourth-order valence-electron chi connectivity index (χ4n) is 3.35. The molecule has 0 spiro atoms.